The maximum Gasteiger partial charge on any atom is 0.413 e. The molecule has 0 radical (unpaired) electrons. The van der Waals surface area contributed by atoms with Crippen LogP contribution >= 0.6 is 0 Å². The number of hydrogen-bond donors (Lipinski definition) is 0. The maximum atomic E-state index is 12.6. The normalized spacial score (nSPS) is 20.0. The molecule has 1 saturated heterocycles. The number of rotatable bonds is 1. The Morgan fingerprint density at radius 1 is 0.962 bits per heavy atom. The van der Waals surface area contributed by atoms with E-state index in [1.54, 1.807) is 0 Å². The lowest BCUT2D eigenvalue weighted by Gasteiger charge is -2.31. The SMILES string of the molecule is CC(C)(C)OC(=O)N1CCN(C(=O)OC(C)(C)C)C1N=C1C=CC=CC1. The maximum absolute atomic E-state index is 12.6. The highest BCUT2D eigenvalue weighted by atomic mass is 16.6. The van der Waals surface area contributed by atoms with E-state index >= 15 is 0 Å². The van der Waals surface area contributed by atoms with Gasteiger partial charge in [0.25, 0.3) is 0 Å². The number of ether oxygens (including phenoxy) is 2. The van der Waals surface area contributed by atoms with E-state index in [4.69, 9.17) is 9.47 Å². The molecule has 0 atom stereocenters. The van der Waals surface area contributed by atoms with Gasteiger partial charge in [-0.15, -0.1) is 0 Å². The molecule has 0 bridgehead atoms. The number of amides is 2. The van der Waals surface area contributed by atoms with Crippen molar-refractivity contribution in [2.24, 2.45) is 4.99 Å². The third-order valence-electron chi connectivity index (χ3n) is 3.54. The van der Waals surface area contributed by atoms with Crippen molar-refractivity contribution in [1.29, 1.82) is 0 Å². The van der Waals surface area contributed by atoms with E-state index in [-0.39, 0.29) is 0 Å². The average molecular weight is 363 g/mol. The topological polar surface area (TPSA) is 71.4 Å². The molecule has 2 aliphatic rings. The van der Waals surface area contributed by atoms with Gasteiger partial charge in [-0.05, 0) is 47.6 Å². The molecule has 0 saturated carbocycles. The van der Waals surface area contributed by atoms with Gasteiger partial charge in [-0.1, -0.05) is 18.2 Å². The monoisotopic (exact) mass is 363 g/mol. The summed E-state index contributed by atoms with van der Waals surface area (Å²) in [5, 5.41) is 0. The number of hydrogen-bond acceptors (Lipinski definition) is 5. The van der Waals surface area contributed by atoms with Gasteiger partial charge in [0, 0.05) is 25.2 Å². The van der Waals surface area contributed by atoms with Crippen molar-refractivity contribution in [3.05, 3.63) is 24.3 Å². The summed E-state index contributed by atoms with van der Waals surface area (Å²) in [5.74, 6) is 0. The molecule has 1 fully saturated rings. The van der Waals surface area contributed by atoms with Crippen LogP contribution in [0.5, 0.6) is 0 Å². The molecule has 0 N–H and O–H groups in total. The molecule has 1 aliphatic heterocycles. The molecule has 0 unspecified atom stereocenters. The Hall–Kier alpha value is -2.31. The molecule has 0 aromatic rings. The Kier molecular flexibility index (Phi) is 5.78. The van der Waals surface area contributed by atoms with Gasteiger partial charge in [0.05, 0.1) is 0 Å². The van der Waals surface area contributed by atoms with Crippen LogP contribution in [0.3, 0.4) is 0 Å². The lowest BCUT2D eigenvalue weighted by atomic mass is 10.1. The van der Waals surface area contributed by atoms with Gasteiger partial charge in [-0.3, -0.25) is 9.80 Å². The fourth-order valence-corrected chi connectivity index (χ4v) is 2.51. The average Bonchev–Trinajstić information content (AvgIpc) is 2.88. The Morgan fingerprint density at radius 2 is 1.46 bits per heavy atom. The van der Waals surface area contributed by atoms with E-state index in [0.29, 0.717) is 19.5 Å². The first kappa shape index (κ1) is 20.0. The number of carbonyl (C=O) groups is 2. The lowest BCUT2D eigenvalue weighted by Crippen LogP contribution is -2.46. The van der Waals surface area contributed by atoms with Gasteiger partial charge in [0.2, 0.25) is 6.29 Å². The summed E-state index contributed by atoms with van der Waals surface area (Å²) < 4.78 is 11.0. The highest BCUT2D eigenvalue weighted by Crippen LogP contribution is 2.23. The van der Waals surface area contributed by atoms with Crippen molar-refractivity contribution in [3.8, 4) is 0 Å². The van der Waals surface area contributed by atoms with Crippen molar-refractivity contribution in [2.75, 3.05) is 13.1 Å². The molecule has 0 spiro atoms. The second kappa shape index (κ2) is 7.51. The van der Waals surface area contributed by atoms with Crippen molar-refractivity contribution in [3.63, 3.8) is 0 Å². The number of allylic oxidation sites excluding steroid dienone is 4. The van der Waals surface area contributed by atoms with Crippen molar-refractivity contribution in [1.82, 2.24) is 9.80 Å². The summed E-state index contributed by atoms with van der Waals surface area (Å²) in [7, 11) is 0. The highest BCUT2D eigenvalue weighted by molar-refractivity contribution is 5.97. The smallest absolute Gasteiger partial charge is 0.413 e. The molecule has 7 heteroatoms. The Bertz CT molecular complexity index is 602. The van der Waals surface area contributed by atoms with Crippen molar-refractivity contribution < 1.29 is 19.1 Å². The minimum absolute atomic E-state index is 0.342. The molecule has 2 amide bonds. The van der Waals surface area contributed by atoms with Crippen molar-refractivity contribution >= 4 is 17.9 Å². The highest BCUT2D eigenvalue weighted by Gasteiger charge is 2.41. The van der Waals surface area contributed by atoms with Crippen LogP contribution in [0.2, 0.25) is 0 Å². The predicted octanol–water partition coefficient (Wildman–Crippen LogP) is 3.71. The van der Waals surface area contributed by atoms with Crippen LogP contribution in [-0.4, -0.2) is 58.3 Å². The van der Waals surface area contributed by atoms with Crippen molar-refractivity contribution in [2.45, 2.75) is 65.5 Å². The lowest BCUT2D eigenvalue weighted by molar-refractivity contribution is 0.00195. The van der Waals surface area contributed by atoms with Gasteiger partial charge in [0.1, 0.15) is 11.2 Å². The summed E-state index contributed by atoms with van der Waals surface area (Å²) >= 11 is 0. The van der Waals surface area contributed by atoms with E-state index in [9.17, 15) is 9.59 Å². The number of aliphatic imine (C=N–C) groups is 1. The first-order valence-corrected chi connectivity index (χ1v) is 8.85. The summed E-state index contributed by atoms with van der Waals surface area (Å²) in [6.45, 7) is 11.5. The molecule has 0 aromatic carbocycles. The quantitative estimate of drug-likeness (QED) is 0.712. The number of nitrogens with zero attached hydrogens (tertiary/aromatic N) is 3. The summed E-state index contributed by atoms with van der Waals surface area (Å²) in [6.07, 6.45) is 6.56. The molecule has 2 rings (SSSR count). The summed E-state index contributed by atoms with van der Waals surface area (Å²) in [4.78, 5) is 32.7. The Morgan fingerprint density at radius 3 is 1.85 bits per heavy atom. The third-order valence-corrected chi connectivity index (χ3v) is 3.54. The van der Waals surface area contributed by atoms with Crippen LogP contribution in [0.15, 0.2) is 29.3 Å². The van der Waals surface area contributed by atoms with Gasteiger partial charge in [-0.25, -0.2) is 14.6 Å². The van der Waals surface area contributed by atoms with Crippen LogP contribution < -0.4 is 0 Å². The molecule has 1 heterocycles. The molecular weight excluding hydrogens is 334 g/mol. The fourth-order valence-electron chi connectivity index (χ4n) is 2.51. The van der Waals surface area contributed by atoms with Crippen LogP contribution in [0.1, 0.15) is 48.0 Å². The standard InChI is InChI=1S/C19H29N3O4/c1-18(2,3)25-16(23)21-12-13-22(17(24)26-19(4,5)6)15(21)20-14-10-8-7-9-11-14/h7-10,15H,11-13H2,1-6H3. The Labute approximate surface area is 155 Å². The minimum Gasteiger partial charge on any atom is -0.444 e. The van der Waals surface area contributed by atoms with Gasteiger partial charge < -0.3 is 9.47 Å². The molecule has 0 aromatic heterocycles. The Balaban J connectivity index is 2.25. The minimum atomic E-state index is -0.772. The van der Waals surface area contributed by atoms with Gasteiger partial charge in [-0.2, -0.15) is 0 Å². The summed E-state index contributed by atoms with van der Waals surface area (Å²) in [5.41, 5.74) is -0.454. The fraction of sp³-hybridized carbons (Fsp3) is 0.632. The molecule has 144 valence electrons. The second-order valence-electron chi connectivity index (χ2n) is 8.31. The van der Waals surface area contributed by atoms with E-state index < -0.39 is 29.7 Å². The third kappa shape index (κ3) is 5.61. The first-order valence-electron chi connectivity index (χ1n) is 8.85. The van der Waals surface area contributed by atoms with Crippen LogP contribution in [-0.2, 0) is 9.47 Å². The van der Waals surface area contributed by atoms with Gasteiger partial charge >= 0.3 is 12.2 Å². The van der Waals surface area contributed by atoms with Crippen LogP contribution in [0, 0.1) is 0 Å². The molecule has 26 heavy (non-hydrogen) atoms. The molecule has 7 nitrogen and oxygen atoms in total. The van der Waals surface area contributed by atoms with E-state index in [0.717, 1.165) is 5.71 Å². The van der Waals surface area contributed by atoms with E-state index in [2.05, 4.69) is 4.99 Å². The van der Waals surface area contributed by atoms with Gasteiger partial charge in [0.15, 0.2) is 0 Å². The summed E-state index contributed by atoms with van der Waals surface area (Å²) in [6, 6.07) is 0. The zero-order valence-electron chi connectivity index (χ0n) is 16.5. The predicted molar refractivity (Wildman–Crippen MR) is 100 cm³/mol. The zero-order chi connectivity index (χ0) is 19.5. The molecular formula is C19H29N3O4. The van der Waals surface area contributed by atoms with E-state index in [1.165, 1.54) is 9.80 Å². The van der Waals surface area contributed by atoms with Crippen LogP contribution in [0.4, 0.5) is 9.59 Å². The second-order valence-corrected chi connectivity index (χ2v) is 8.31. The zero-order valence-corrected chi connectivity index (χ0v) is 16.5. The molecule has 1 aliphatic carbocycles. The van der Waals surface area contributed by atoms with Crippen LogP contribution in [0.25, 0.3) is 0 Å². The van der Waals surface area contributed by atoms with E-state index in [1.807, 2.05) is 65.8 Å². The largest absolute Gasteiger partial charge is 0.444 e. The first-order chi connectivity index (χ1) is 12.0. The number of carbonyl (C=O) groups excluding carboxylic acids is 2.